The smallest absolute Gasteiger partial charge is 0.364 e. The van der Waals surface area contributed by atoms with Gasteiger partial charge in [0.1, 0.15) is 6.73 Å². The molecule has 6 nitrogen and oxygen atoms in total. The van der Waals surface area contributed by atoms with Gasteiger partial charge in [0, 0.05) is 22.3 Å². The largest absolute Gasteiger partial charge is 0.436 e. The van der Waals surface area contributed by atoms with Crippen LogP contribution >= 0.6 is 22.6 Å². The van der Waals surface area contributed by atoms with Crippen LogP contribution in [-0.2, 0) is 16.6 Å². The van der Waals surface area contributed by atoms with Crippen LogP contribution in [0.2, 0.25) is 0 Å². The van der Waals surface area contributed by atoms with Crippen molar-refractivity contribution in [1.29, 1.82) is 0 Å². The van der Waals surface area contributed by atoms with Crippen molar-refractivity contribution in [2.24, 2.45) is 0 Å². The first-order valence-corrected chi connectivity index (χ1v) is 10.3. The number of methoxy groups -OCH3 is 1. The molecule has 37 heavy (non-hydrogen) atoms. The molecule has 204 valence electrons. The zero-order chi connectivity index (χ0) is 28.7. The molecule has 0 atom stereocenters. The summed E-state index contributed by atoms with van der Waals surface area (Å²) in [5.74, 6) is -4.07. The zero-order valence-corrected chi connectivity index (χ0v) is 19.8. The molecular weight excluding hydrogens is 656 g/mol. The van der Waals surface area contributed by atoms with Gasteiger partial charge in [-0.25, -0.2) is 4.39 Å². The molecule has 0 aromatic heterocycles. The lowest BCUT2D eigenvalue weighted by molar-refractivity contribution is -0.387. The Morgan fingerprint density at radius 2 is 1.54 bits per heavy atom. The van der Waals surface area contributed by atoms with Crippen molar-refractivity contribution < 1.29 is 62.7 Å². The number of amides is 1. The molecule has 0 saturated carbocycles. The molecule has 0 aliphatic rings. The number of benzene rings is 2. The zero-order valence-electron chi connectivity index (χ0n) is 17.7. The van der Waals surface area contributed by atoms with Crippen LogP contribution in [0, 0.1) is 19.5 Å². The van der Waals surface area contributed by atoms with Gasteiger partial charge in [-0.15, -0.1) is 0 Å². The summed E-state index contributed by atoms with van der Waals surface area (Å²) < 4.78 is 156. The van der Waals surface area contributed by atoms with Crippen LogP contribution in [0.1, 0.15) is 21.5 Å². The average Bonchev–Trinajstić information content (AvgIpc) is 2.73. The van der Waals surface area contributed by atoms with E-state index in [9.17, 15) is 58.8 Å². The van der Waals surface area contributed by atoms with Gasteiger partial charge in [-0.05, 0) is 40.8 Å². The highest BCUT2D eigenvalue weighted by atomic mass is 127. The van der Waals surface area contributed by atoms with E-state index < -0.39 is 84.1 Å². The quantitative estimate of drug-likeness (QED) is 0.111. The molecule has 2 aromatic carbocycles. The minimum absolute atomic E-state index is 0.0203. The standard InChI is InChI=1S/C19H10F11IN2O4/c1-37-7-32(15(34)8-3-2-4-11(13(8)20)33(35)36)14-9(17(22,23)24)5-6-10(31)12(14)16(21,18(25,26)27)19(28,29)30/h2-6H,7H2,1H3. The summed E-state index contributed by atoms with van der Waals surface area (Å²) in [5.41, 5.74) is -16.6. The van der Waals surface area contributed by atoms with E-state index in [1.807, 2.05) is 0 Å². The minimum atomic E-state index is -6.90. The Labute approximate surface area is 212 Å². The van der Waals surface area contributed by atoms with Crippen LogP contribution in [0.5, 0.6) is 0 Å². The fourth-order valence-electron chi connectivity index (χ4n) is 3.17. The number of carbonyl (C=O) groups excluding carboxylic acids is 1. The van der Waals surface area contributed by atoms with Gasteiger partial charge in [0.25, 0.3) is 5.91 Å². The van der Waals surface area contributed by atoms with Crippen molar-refractivity contribution in [1.82, 2.24) is 0 Å². The van der Waals surface area contributed by atoms with Gasteiger partial charge < -0.3 is 4.74 Å². The molecular formula is C19H10F11IN2O4. The summed E-state index contributed by atoms with van der Waals surface area (Å²) in [5, 5.41) is 11.0. The Morgan fingerprint density at radius 1 is 1.00 bits per heavy atom. The van der Waals surface area contributed by atoms with Crippen LogP contribution in [0.25, 0.3) is 0 Å². The maximum absolute atomic E-state index is 15.2. The number of nitro benzene ring substituents is 1. The van der Waals surface area contributed by atoms with Crippen molar-refractivity contribution in [3.05, 3.63) is 66.5 Å². The second kappa shape index (κ2) is 10.2. The lowest BCUT2D eigenvalue weighted by Gasteiger charge is -2.36. The van der Waals surface area contributed by atoms with Gasteiger partial charge in [-0.1, -0.05) is 6.07 Å². The number of carbonyl (C=O) groups is 1. The van der Waals surface area contributed by atoms with E-state index in [-0.39, 0.29) is 12.1 Å². The SMILES string of the molecule is COCN(C(=O)c1cccc([N+](=O)[O-])c1F)c1c(C(F)(F)F)ccc(I)c1C(F)(C(F)(F)F)C(F)(F)F. The molecule has 0 fully saturated rings. The highest BCUT2D eigenvalue weighted by Crippen LogP contribution is 2.58. The molecule has 0 aliphatic heterocycles. The predicted octanol–water partition coefficient (Wildman–Crippen LogP) is 6.90. The first kappa shape index (κ1) is 30.5. The van der Waals surface area contributed by atoms with E-state index in [4.69, 9.17) is 0 Å². The van der Waals surface area contributed by atoms with Gasteiger partial charge in [0.15, 0.2) is 0 Å². The molecule has 0 radical (unpaired) electrons. The molecule has 2 aromatic rings. The molecule has 2 rings (SSSR count). The monoisotopic (exact) mass is 666 g/mol. The highest BCUT2D eigenvalue weighted by Gasteiger charge is 2.75. The molecule has 0 spiro atoms. The fourth-order valence-corrected chi connectivity index (χ4v) is 3.98. The minimum Gasteiger partial charge on any atom is -0.364 e. The van der Waals surface area contributed by atoms with Gasteiger partial charge in [0.2, 0.25) is 5.82 Å². The summed E-state index contributed by atoms with van der Waals surface area (Å²) in [6.07, 6.45) is -19.6. The van der Waals surface area contributed by atoms with Crippen molar-refractivity contribution in [3.8, 4) is 0 Å². The maximum Gasteiger partial charge on any atom is 0.436 e. The average molecular weight is 666 g/mol. The number of hydrogen-bond acceptors (Lipinski definition) is 4. The summed E-state index contributed by atoms with van der Waals surface area (Å²) in [6, 6.07) is 1.74. The molecule has 0 N–H and O–H groups in total. The topological polar surface area (TPSA) is 72.7 Å². The van der Waals surface area contributed by atoms with Crippen LogP contribution < -0.4 is 4.90 Å². The Bertz CT molecular complexity index is 1200. The van der Waals surface area contributed by atoms with E-state index in [0.717, 1.165) is 0 Å². The first-order chi connectivity index (χ1) is 16.7. The van der Waals surface area contributed by atoms with Crippen LogP contribution in [0.3, 0.4) is 0 Å². The van der Waals surface area contributed by atoms with Gasteiger partial charge in [-0.2, -0.15) is 43.9 Å². The highest BCUT2D eigenvalue weighted by molar-refractivity contribution is 14.1. The van der Waals surface area contributed by atoms with E-state index >= 15 is 4.39 Å². The molecule has 1 amide bonds. The van der Waals surface area contributed by atoms with Crippen molar-refractivity contribution in [2.75, 3.05) is 18.7 Å². The molecule has 0 saturated heterocycles. The molecule has 0 heterocycles. The van der Waals surface area contributed by atoms with E-state index in [2.05, 4.69) is 4.74 Å². The normalized spacial score (nSPS) is 13.0. The molecule has 0 aliphatic carbocycles. The first-order valence-electron chi connectivity index (χ1n) is 9.18. The van der Waals surface area contributed by atoms with E-state index in [0.29, 0.717) is 47.9 Å². The maximum atomic E-state index is 15.2. The second-order valence-corrected chi connectivity index (χ2v) is 8.18. The van der Waals surface area contributed by atoms with Gasteiger partial charge >= 0.3 is 29.9 Å². The number of rotatable bonds is 6. The second-order valence-electron chi connectivity index (χ2n) is 7.02. The lowest BCUT2D eigenvalue weighted by Crippen LogP contribution is -2.52. The number of anilines is 1. The Hall–Kier alpha value is -2.77. The molecule has 18 heteroatoms. The number of nitro groups is 1. The van der Waals surface area contributed by atoms with Crippen LogP contribution in [0.15, 0.2) is 30.3 Å². The van der Waals surface area contributed by atoms with Gasteiger partial charge in [-0.3, -0.25) is 19.8 Å². The third-order valence-electron chi connectivity index (χ3n) is 4.74. The summed E-state index contributed by atoms with van der Waals surface area (Å²) in [6.45, 7) is -1.55. The number of nitrogens with zero attached hydrogens (tertiary/aromatic N) is 2. The number of halogens is 12. The third kappa shape index (κ3) is 5.43. The number of alkyl halides is 10. The number of hydrogen-bond donors (Lipinski definition) is 0. The van der Waals surface area contributed by atoms with E-state index in [1.54, 1.807) is 0 Å². The Kier molecular flexibility index (Phi) is 8.38. The lowest BCUT2D eigenvalue weighted by atomic mass is 9.89. The van der Waals surface area contributed by atoms with Crippen molar-refractivity contribution >= 4 is 39.9 Å². The summed E-state index contributed by atoms with van der Waals surface area (Å²) in [7, 11) is 0.654. The third-order valence-corrected chi connectivity index (χ3v) is 5.64. The van der Waals surface area contributed by atoms with Crippen molar-refractivity contribution in [3.63, 3.8) is 0 Å². The molecule has 0 unspecified atom stereocenters. The molecule has 0 bridgehead atoms. The number of ether oxygens (including phenoxy) is 1. The van der Waals surface area contributed by atoms with Gasteiger partial charge in [0.05, 0.1) is 21.7 Å². The van der Waals surface area contributed by atoms with Crippen LogP contribution in [-0.4, -0.2) is 37.0 Å². The summed E-state index contributed by atoms with van der Waals surface area (Å²) >= 11 is 0.707. The van der Waals surface area contributed by atoms with Crippen LogP contribution in [0.4, 0.5) is 59.7 Å². The summed E-state index contributed by atoms with van der Waals surface area (Å²) in [4.78, 5) is 22.1. The van der Waals surface area contributed by atoms with E-state index in [1.165, 1.54) is 0 Å². The fraction of sp³-hybridized carbons (Fsp3) is 0.316. The Morgan fingerprint density at radius 3 is 1.97 bits per heavy atom. The predicted molar refractivity (Wildman–Crippen MR) is 111 cm³/mol. The Balaban J connectivity index is 3.11. The van der Waals surface area contributed by atoms with Crippen molar-refractivity contribution in [2.45, 2.75) is 24.2 Å².